The molecule has 8 heteroatoms. The van der Waals surface area contributed by atoms with Crippen LogP contribution >= 0.6 is 11.6 Å². The number of benzene rings is 3. The number of nitrogens with zero attached hydrogens (tertiary/aromatic N) is 3. The third-order valence-electron chi connectivity index (χ3n) is 5.33. The maximum absolute atomic E-state index is 13.5. The first-order valence-corrected chi connectivity index (χ1v) is 11.8. The molecule has 0 unspecified atom stereocenters. The number of hydrogen-bond donors (Lipinski definition) is 0. The van der Waals surface area contributed by atoms with Gasteiger partial charge in [-0.2, -0.15) is 4.31 Å². The van der Waals surface area contributed by atoms with E-state index in [-0.39, 0.29) is 22.0 Å². The summed E-state index contributed by atoms with van der Waals surface area (Å²) in [5.74, 6) is 0.318. The zero-order chi connectivity index (χ0) is 23.0. The van der Waals surface area contributed by atoms with Crippen molar-refractivity contribution < 1.29 is 8.42 Å². The van der Waals surface area contributed by atoms with Crippen LogP contribution in [0.15, 0.2) is 76.4 Å². The van der Waals surface area contributed by atoms with E-state index in [0.717, 1.165) is 15.4 Å². The summed E-state index contributed by atoms with van der Waals surface area (Å²) in [6.07, 6.45) is 0. The molecule has 4 aromatic rings. The van der Waals surface area contributed by atoms with Crippen LogP contribution in [0.3, 0.4) is 0 Å². The monoisotopic (exact) mass is 467 g/mol. The van der Waals surface area contributed by atoms with Gasteiger partial charge in [0.15, 0.2) is 0 Å². The Morgan fingerprint density at radius 2 is 1.69 bits per heavy atom. The lowest BCUT2D eigenvalue weighted by molar-refractivity contribution is 0.452. The van der Waals surface area contributed by atoms with E-state index in [0.29, 0.717) is 22.4 Å². The van der Waals surface area contributed by atoms with Crippen molar-refractivity contribution in [2.24, 2.45) is 0 Å². The fraction of sp³-hybridized carbons (Fsp3) is 0.167. The topological polar surface area (TPSA) is 72.3 Å². The van der Waals surface area contributed by atoms with Crippen LogP contribution in [0.4, 0.5) is 0 Å². The maximum atomic E-state index is 13.5. The molecule has 0 saturated carbocycles. The largest absolute Gasteiger partial charge is 0.268 e. The molecule has 3 aromatic carbocycles. The predicted octanol–water partition coefficient (Wildman–Crippen LogP) is 4.48. The minimum absolute atomic E-state index is 0.00497. The molecule has 0 amide bonds. The van der Waals surface area contributed by atoms with Crippen molar-refractivity contribution in [3.8, 4) is 5.69 Å². The molecule has 1 aromatic heterocycles. The molecule has 0 N–H and O–H groups in total. The second kappa shape index (κ2) is 8.50. The SMILES string of the molecule is Cc1ccc(-n2c(CN(C)S(=O)(=O)c3ccccc3Cl)nc3ccccc3c2=O)c(C)c1. The summed E-state index contributed by atoms with van der Waals surface area (Å²) >= 11 is 6.15. The molecular formula is C24H22ClN3O3S. The van der Waals surface area contributed by atoms with Crippen molar-refractivity contribution in [3.63, 3.8) is 0 Å². The predicted molar refractivity (Wildman–Crippen MR) is 127 cm³/mol. The van der Waals surface area contributed by atoms with Crippen LogP contribution in [0, 0.1) is 13.8 Å². The number of aryl methyl sites for hydroxylation is 2. The van der Waals surface area contributed by atoms with Crippen LogP contribution in [-0.2, 0) is 16.6 Å². The average molecular weight is 468 g/mol. The van der Waals surface area contributed by atoms with E-state index in [1.54, 1.807) is 36.4 Å². The van der Waals surface area contributed by atoms with Gasteiger partial charge in [-0.3, -0.25) is 9.36 Å². The zero-order valence-corrected chi connectivity index (χ0v) is 19.5. The van der Waals surface area contributed by atoms with E-state index in [9.17, 15) is 13.2 Å². The molecule has 0 aliphatic heterocycles. The van der Waals surface area contributed by atoms with Crippen LogP contribution in [-0.4, -0.2) is 29.3 Å². The summed E-state index contributed by atoms with van der Waals surface area (Å²) in [7, 11) is -2.45. The average Bonchev–Trinajstić information content (AvgIpc) is 2.75. The summed E-state index contributed by atoms with van der Waals surface area (Å²) in [5.41, 5.74) is 2.88. The quantitative estimate of drug-likeness (QED) is 0.434. The second-order valence-corrected chi connectivity index (χ2v) is 10.1. The van der Waals surface area contributed by atoms with Crippen molar-refractivity contribution in [2.75, 3.05) is 7.05 Å². The van der Waals surface area contributed by atoms with Crippen LogP contribution in [0.1, 0.15) is 17.0 Å². The summed E-state index contributed by atoms with van der Waals surface area (Å²) in [4.78, 5) is 18.2. The Labute approximate surface area is 191 Å². The number of rotatable bonds is 5. The highest BCUT2D eigenvalue weighted by Gasteiger charge is 2.26. The number of sulfonamides is 1. The Balaban J connectivity index is 1.90. The van der Waals surface area contributed by atoms with Gasteiger partial charge in [-0.25, -0.2) is 13.4 Å². The first-order chi connectivity index (χ1) is 15.2. The van der Waals surface area contributed by atoms with Gasteiger partial charge >= 0.3 is 0 Å². The Bertz CT molecular complexity index is 1500. The molecule has 1 heterocycles. The van der Waals surface area contributed by atoms with Crippen LogP contribution in [0.2, 0.25) is 5.02 Å². The summed E-state index contributed by atoms with van der Waals surface area (Å²) in [6.45, 7) is 3.78. The molecule has 0 aliphatic rings. The number of para-hydroxylation sites is 1. The minimum atomic E-state index is -3.90. The summed E-state index contributed by atoms with van der Waals surface area (Å²) in [5, 5.41) is 0.602. The summed E-state index contributed by atoms with van der Waals surface area (Å²) < 4.78 is 29.0. The van der Waals surface area contributed by atoms with Crippen LogP contribution < -0.4 is 5.56 Å². The lowest BCUT2D eigenvalue weighted by Crippen LogP contribution is -2.32. The molecule has 0 bridgehead atoms. The van der Waals surface area contributed by atoms with Gasteiger partial charge in [0, 0.05) is 7.05 Å². The van der Waals surface area contributed by atoms with E-state index in [2.05, 4.69) is 4.98 Å². The van der Waals surface area contributed by atoms with Gasteiger partial charge in [-0.05, 0) is 49.7 Å². The lowest BCUT2D eigenvalue weighted by Gasteiger charge is -2.21. The number of fused-ring (bicyclic) bond motifs is 1. The van der Waals surface area contributed by atoms with Gasteiger partial charge in [-0.15, -0.1) is 0 Å². The molecular weight excluding hydrogens is 446 g/mol. The molecule has 4 rings (SSSR count). The number of aromatic nitrogens is 2. The molecule has 0 fully saturated rings. The van der Waals surface area contributed by atoms with Crippen molar-refractivity contribution in [2.45, 2.75) is 25.3 Å². The van der Waals surface area contributed by atoms with Gasteiger partial charge in [0.1, 0.15) is 10.7 Å². The highest BCUT2D eigenvalue weighted by atomic mass is 35.5. The van der Waals surface area contributed by atoms with Crippen molar-refractivity contribution in [1.82, 2.24) is 13.9 Å². The van der Waals surface area contributed by atoms with E-state index in [1.165, 1.54) is 23.7 Å². The highest BCUT2D eigenvalue weighted by Crippen LogP contribution is 2.25. The van der Waals surface area contributed by atoms with E-state index in [1.807, 2.05) is 32.0 Å². The first kappa shape index (κ1) is 22.2. The second-order valence-electron chi connectivity index (χ2n) is 7.67. The molecule has 6 nitrogen and oxygen atoms in total. The molecule has 0 aliphatic carbocycles. The Morgan fingerprint density at radius 3 is 2.41 bits per heavy atom. The fourth-order valence-electron chi connectivity index (χ4n) is 3.70. The normalized spacial score (nSPS) is 11.9. The van der Waals surface area contributed by atoms with Gasteiger partial charge in [-0.1, -0.05) is 53.6 Å². The molecule has 0 saturated heterocycles. The Morgan fingerprint density at radius 1 is 1.00 bits per heavy atom. The maximum Gasteiger partial charge on any atom is 0.266 e. The van der Waals surface area contributed by atoms with Gasteiger partial charge in [0.05, 0.1) is 28.2 Å². The third kappa shape index (κ3) is 3.95. The van der Waals surface area contributed by atoms with Gasteiger partial charge < -0.3 is 0 Å². The van der Waals surface area contributed by atoms with Crippen LogP contribution in [0.25, 0.3) is 16.6 Å². The Hall–Kier alpha value is -3.00. The lowest BCUT2D eigenvalue weighted by atomic mass is 10.1. The molecule has 0 radical (unpaired) electrons. The molecule has 0 atom stereocenters. The van der Waals surface area contributed by atoms with Gasteiger partial charge in [0.25, 0.3) is 5.56 Å². The standard InChI is InChI=1S/C24H22ClN3O3S/c1-16-12-13-21(17(2)14-16)28-23(26-20-10-6-4-8-18(20)24(28)29)15-27(3)32(30,31)22-11-7-5-9-19(22)25/h4-14H,15H2,1-3H3. The minimum Gasteiger partial charge on any atom is -0.268 e. The van der Waals surface area contributed by atoms with Crippen molar-refractivity contribution in [1.29, 1.82) is 0 Å². The molecule has 0 spiro atoms. The highest BCUT2D eigenvalue weighted by molar-refractivity contribution is 7.89. The van der Waals surface area contributed by atoms with Crippen molar-refractivity contribution in [3.05, 3.63) is 99.1 Å². The summed E-state index contributed by atoms with van der Waals surface area (Å²) in [6, 6.07) is 19.1. The third-order valence-corrected chi connectivity index (χ3v) is 7.63. The molecule has 164 valence electrons. The van der Waals surface area contributed by atoms with Crippen LogP contribution in [0.5, 0.6) is 0 Å². The van der Waals surface area contributed by atoms with E-state index >= 15 is 0 Å². The van der Waals surface area contributed by atoms with Crippen molar-refractivity contribution >= 4 is 32.5 Å². The van der Waals surface area contributed by atoms with E-state index < -0.39 is 10.0 Å². The zero-order valence-electron chi connectivity index (χ0n) is 17.9. The molecule has 32 heavy (non-hydrogen) atoms. The fourth-order valence-corrected chi connectivity index (χ4v) is 5.31. The van der Waals surface area contributed by atoms with Gasteiger partial charge in [0.2, 0.25) is 10.0 Å². The number of hydrogen-bond acceptors (Lipinski definition) is 4. The number of halogens is 1. The Kier molecular flexibility index (Phi) is 5.90. The smallest absolute Gasteiger partial charge is 0.266 e. The van der Waals surface area contributed by atoms with E-state index in [4.69, 9.17) is 11.6 Å². The first-order valence-electron chi connectivity index (χ1n) is 9.99.